The number of thiazole rings is 1. The van der Waals surface area contributed by atoms with Crippen LogP contribution in [0, 0.1) is 0 Å². The van der Waals surface area contributed by atoms with Gasteiger partial charge in [-0.2, -0.15) is 0 Å². The summed E-state index contributed by atoms with van der Waals surface area (Å²) in [5, 5.41) is 18.8. The molecule has 0 unspecified atom stereocenters. The van der Waals surface area contributed by atoms with E-state index in [-0.39, 0.29) is 17.4 Å². The highest BCUT2D eigenvalue weighted by Crippen LogP contribution is 2.27. The molecule has 0 aliphatic carbocycles. The molecule has 0 bridgehead atoms. The lowest BCUT2D eigenvalue weighted by Gasteiger charge is -2.22. The Balaban J connectivity index is 1.70. The zero-order valence-corrected chi connectivity index (χ0v) is 18.0. The zero-order chi connectivity index (χ0) is 22.1. The van der Waals surface area contributed by atoms with E-state index in [1.165, 1.54) is 18.4 Å². The summed E-state index contributed by atoms with van der Waals surface area (Å²) in [6.07, 6.45) is 1.78. The van der Waals surface area contributed by atoms with E-state index in [9.17, 15) is 9.90 Å². The first-order valence-electron chi connectivity index (χ1n) is 10.0. The maximum atomic E-state index is 13.5. The van der Waals surface area contributed by atoms with Gasteiger partial charge in [0.1, 0.15) is 6.04 Å². The van der Waals surface area contributed by atoms with Gasteiger partial charge in [0.15, 0.2) is 11.5 Å². The van der Waals surface area contributed by atoms with Gasteiger partial charge in [0.2, 0.25) is 4.80 Å². The van der Waals surface area contributed by atoms with Gasteiger partial charge in [0.25, 0.3) is 5.56 Å². The van der Waals surface area contributed by atoms with Crippen LogP contribution in [0.25, 0.3) is 6.08 Å². The fourth-order valence-corrected chi connectivity index (χ4v) is 4.71. The van der Waals surface area contributed by atoms with Crippen LogP contribution in [-0.4, -0.2) is 22.5 Å². The summed E-state index contributed by atoms with van der Waals surface area (Å²) in [6, 6.07) is 24.2. The van der Waals surface area contributed by atoms with Crippen molar-refractivity contribution in [3.63, 3.8) is 0 Å². The number of fused-ring (bicyclic) bond motifs is 1. The largest absolute Gasteiger partial charge is 0.504 e. The Hall–Kier alpha value is -3.97. The molecular formula is C25H19N3O3S. The van der Waals surface area contributed by atoms with Crippen LogP contribution in [0.4, 0.5) is 0 Å². The van der Waals surface area contributed by atoms with Gasteiger partial charge >= 0.3 is 0 Å². The van der Waals surface area contributed by atoms with Crippen molar-refractivity contribution < 1.29 is 9.84 Å². The number of nitrogens with zero attached hydrogens (tertiary/aromatic N) is 3. The van der Waals surface area contributed by atoms with Crippen LogP contribution in [0.2, 0.25) is 0 Å². The van der Waals surface area contributed by atoms with E-state index in [1.807, 2.05) is 60.7 Å². The third-order valence-electron chi connectivity index (χ3n) is 5.28. The van der Waals surface area contributed by atoms with Gasteiger partial charge in [-0.15, -0.1) is 10.2 Å². The summed E-state index contributed by atoms with van der Waals surface area (Å²) >= 11 is 1.29. The van der Waals surface area contributed by atoms with Crippen LogP contribution in [0.3, 0.4) is 0 Å². The van der Waals surface area contributed by atoms with Crippen LogP contribution in [0.5, 0.6) is 11.5 Å². The molecule has 3 aromatic carbocycles. The minimum absolute atomic E-state index is 0.0480. The van der Waals surface area contributed by atoms with Crippen molar-refractivity contribution in [3.8, 4) is 11.5 Å². The summed E-state index contributed by atoms with van der Waals surface area (Å²) in [6.45, 7) is 0. The van der Waals surface area contributed by atoms with Crippen LogP contribution < -0.4 is 19.6 Å². The van der Waals surface area contributed by atoms with Crippen LogP contribution in [0.15, 0.2) is 93.9 Å². The van der Waals surface area contributed by atoms with Crippen molar-refractivity contribution >= 4 is 23.1 Å². The molecule has 1 N–H and O–H groups in total. The van der Waals surface area contributed by atoms with Gasteiger partial charge < -0.3 is 9.84 Å². The average Bonchev–Trinajstić information content (AvgIpc) is 3.16. The molecule has 1 atom stereocenters. The molecule has 4 aromatic rings. The topological polar surface area (TPSA) is 76.2 Å². The molecular weight excluding hydrogens is 422 g/mol. The third-order valence-corrected chi connectivity index (χ3v) is 6.26. The quantitative estimate of drug-likeness (QED) is 0.529. The average molecular weight is 442 g/mol. The second-order valence-corrected chi connectivity index (χ2v) is 8.27. The lowest BCUT2D eigenvalue weighted by atomic mass is 9.96. The molecule has 1 aliphatic rings. The fraction of sp³-hybridized carbons (Fsp3) is 0.0800. The first kappa shape index (κ1) is 20.0. The Morgan fingerprint density at radius 1 is 1.00 bits per heavy atom. The van der Waals surface area contributed by atoms with Crippen LogP contribution in [-0.2, 0) is 0 Å². The van der Waals surface area contributed by atoms with E-state index < -0.39 is 0 Å². The van der Waals surface area contributed by atoms with Gasteiger partial charge in [-0.1, -0.05) is 78.1 Å². The Kier molecular flexibility index (Phi) is 5.17. The lowest BCUT2D eigenvalue weighted by molar-refractivity contribution is 0.373. The number of ether oxygens (including phenoxy) is 1. The number of aromatic nitrogens is 1. The SMILES string of the molecule is COc1cc(/C=c2\sc3n(c2=O)[C@H](c2ccccc2)C(c2ccccc2)=NN=3)ccc1O. The molecule has 0 amide bonds. The van der Waals surface area contributed by atoms with Gasteiger partial charge in [0.05, 0.1) is 17.4 Å². The molecule has 0 saturated carbocycles. The number of aromatic hydroxyl groups is 1. The Bertz CT molecular complexity index is 1490. The maximum absolute atomic E-state index is 13.5. The predicted molar refractivity (Wildman–Crippen MR) is 125 cm³/mol. The van der Waals surface area contributed by atoms with E-state index >= 15 is 0 Å². The maximum Gasteiger partial charge on any atom is 0.271 e. The molecule has 0 fully saturated rings. The van der Waals surface area contributed by atoms with E-state index in [0.29, 0.717) is 15.1 Å². The summed E-state index contributed by atoms with van der Waals surface area (Å²) in [5.41, 5.74) is 3.21. The Morgan fingerprint density at radius 2 is 1.72 bits per heavy atom. The summed E-state index contributed by atoms with van der Waals surface area (Å²) in [5.74, 6) is 0.397. The standard InChI is InChI=1S/C25H19N3O3S/c1-31-20-14-16(12-13-19(20)29)15-21-24(30)28-23(18-10-6-3-7-11-18)22(26-27-25(28)32-21)17-8-4-2-5-9-17/h2-15,23,29H,1H3/b21-15-/t23-/m1/s1. The molecule has 0 saturated heterocycles. The molecule has 5 rings (SSSR count). The van der Waals surface area contributed by atoms with Crippen molar-refractivity contribution in [1.29, 1.82) is 0 Å². The predicted octanol–water partition coefficient (Wildman–Crippen LogP) is 3.08. The highest BCUT2D eigenvalue weighted by Gasteiger charge is 2.28. The lowest BCUT2D eigenvalue weighted by Crippen LogP contribution is -2.40. The Morgan fingerprint density at radius 3 is 2.44 bits per heavy atom. The number of rotatable bonds is 4. The van der Waals surface area contributed by atoms with E-state index in [1.54, 1.807) is 28.8 Å². The summed E-state index contributed by atoms with van der Waals surface area (Å²) in [7, 11) is 1.49. The van der Waals surface area contributed by atoms with Crippen molar-refractivity contribution in [1.82, 2.24) is 4.57 Å². The van der Waals surface area contributed by atoms with E-state index in [2.05, 4.69) is 10.2 Å². The van der Waals surface area contributed by atoms with Gasteiger partial charge in [0, 0.05) is 5.56 Å². The highest BCUT2D eigenvalue weighted by atomic mass is 32.1. The van der Waals surface area contributed by atoms with Gasteiger partial charge in [-0.05, 0) is 29.3 Å². The van der Waals surface area contributed by atoms with Gasteiger partial charge in [-0.25, -0.2) is 0 Å². The fourth-order valence-electron chi connectivity index (χ4n) is 3.76. The van der Waals surface area contributed by atoms with E-state index in [0.717, 1.165) is 22.4 Å². The number of phenols is 1. The van der Waals surface area contributed by atoms with E-state index in [4.69, 9.17) is 4.74 Å². The monoisotopic (exact) mass is 441 g/mol. The van der Waals surface area contributed by atoms with Crippen molar-refractivity contribution in [2.24, 2.45) is 10.2 Å². The third kappa shape index (κ3) is 3.52. The number of hydrogen-bond donors (Lipinski definition) is 1. The van der Waals surface area contributed by atoms with Crippen LogP contribution in [0.1, 0.15) is 22.7 Å². The van der Waals surface area contributed by atoms with Crippen LogP contribution >= 0.6 is 11.3 Å². The number of phenolic OH excluding ortho intramolecular Hbond substituents is 1. The smallest absolute Gasteiger partial charge is 0.271 e. The molecule has 0 spiro atoms. The molecule has 2 heterocycles. The first-order chi connectivity index (χ1) is 15.7. The first-order valence-corrected chi connectivity index (χ1v) is 10.8. The van der Waals surface area contributed by atoms with Crippen molar-refractivity contribution in [2.45, 2.75) is 6.04 Å². The minimum atomic E-state index is -0.383. The molecule has 32 heavy (non-hydrogen) atoms. The Labute approximate surface area is 187 Å². The molecule has 1 aliphatic heterocycles. The molecule has 1 aromatic heterocycles. The molecule has 7 heteroatoms. The molecule has 158 valence electrons. The summed E-state index contributed by atoms with van der Waals surface area (Å²) in [4.78, 5) is 14.1. The normalized spacial score (nSPS) is 15.6. The van der Waals surface area contributed by atoms with Crippen molar-refractivity contribution in [2.75, 3.05) is 7.11 Å². The minimum Gasteiger partial charge on any atom is -0.504 e. The van der Waals surface area contributed by atoms with Crippen molar-refractivity contribution in [3.05, 3.63) is 115 Å². The zero-order valence-electron chi connectivity index (χ0n) is 17.2. The molecule has 0 radical (unpaired) electrons. The highest BCUT2D eigenvalue weighted by molar-refractivity contribution is 7.07. The second-order valence-electron chi connectivity index (χ2n) is 7.26. The van der Waals surface area contributed by atoms with Gasteiger partial charge in [-0.3, -0.25) is 9.36 Å². The number of hydrogen-bond acceptors (Lipinski definition) is 6. The summed E-state index contributed by atoms with van der Waals surface area (Å²) < 4.78 is 7.42. The molecule has 6 nitrogen and oxygen atoms in total. The second kappa shape index (κ2) is 8.28. The number of benzene rings is 3. The number of methoxy groups -OCH3 is 1.